The summed E-state index contributed by atoms with van der Waals surface area (Å²) in [5.41, 5.74) is 0.657. The number of halogens is 4. The molecule has 27 heavy (non-hydrogen) atoms. The van der Waals surface area contributed by atoms with Crippen molar-refractivity contribution >= 4 is 35.2 Å². The molecule has 1 aromatic heterocycles. The molecule has 6 nitrogen and oxygen atoms in total. The molecular formula is C16H17ClF3N5OS. The molecule has 2 heterocycles. The van der Waals surface area contributed by atoms with Gasteiger partial charge in [-0.15, -0.1) is 10.2 Å². The smallest absolute Gasteiger partial charge is 0.346 e. The number of hydrogen-bond donors (Lipinski definition) is 1. The number of aromatic nitrogens is 3. The maximum absolute atomic E-state index is 12.2. The first-order chi connectivity index (χ1) is 12.8. The maximum Gasteiger partial charge on any atom is 0.405 e. The van der Waals surface area contributed by atoms with Crippen LogP contribution in [0.2, 0.25) is 5.02 Å². The highest BCUT2D eigenvalue weighted by Gasteiger charge is 2.28. The van der Waals surface area contributed by atoms with E-state index in [9.17, 15) is 18.0 Å². The van der Waals surface area contributed by atoms with Gasteiger partial charge in [-0.1, -0.05) is 35.5 Å². The van der Waals surface area contributed by atoms with Crippen molar-refractivity contribution in [3.8, 4) is 5.69 Å². The van der Waals surface area contributed by atoms with E-state index in [1.165, 1.54) is 0 Å². The molecule has 11 heteroatoms. The van der Waals surface area contributed by atoms with Crippen LogP contribution in [-0.2, 0) is 4.79 Å². The van der Waals surface area contributed by atoms with Crippen molar-refractivity contribution < 1.29 is 18.0 Å². The second kappa shape index (κ2) is 8.39. The molecular weight excluding hydrogens is 403 g/mol. The molecule has 1 saturated heterocycles. The van der Waals surface area contributed by atoms with Crippen LogP contribution in [0, 0.1) is 0 Å². The number of para-hydroxylation sites is 1. The van der Waals surface area contributed by atoms with Crippen molar-refractivity contribution in [2.24, 2.45) is 0 Å². The number of alkyl halides is 3. The van der Waals surface area contributed by atoms with Crippen LogP contribution in [-0.4, -0.2) is 52.2 Å². The van der Waals surface area contributed by atoms with E-state index in [0.29, 0.717) is 21.8 Å². The number of anilines is 1. The minimum atomic E-state index is -4.44. The Morgan fingerprint density at radius 1 is 1.22 bits per heavy atom. The molecule has 1 fully saturated rings. The number of thioether (sulfide) groups is 1. The molecule has 1 aliphatic heterocycles. The first-order valence-corrected chi connectivity index (χ1v) is 9.63. The zero-order valence-electron chi connectivity index (χ0n) is 14.2. The third kappa shape index (κ3) is 5.07. The SMILES string of the molecule is O=C(CSc1nnc(N2CCCC2)n1-c1ccccc1Cl)NCC(F)(F)F. The Balaban J connectivity index is 1.81. The van der Waals surface area contributed by atoms with Gasteiger partial charge >= 0.3 is 6.18 Å². The number of nitrogens with one attached hydrogen (secondary N) is 1. The second-order valence-corrected chi connectivity index (χ2v) is 7.29. The molecule has 0 spiro atoms. The number of hydrogen-bond acceptors (Lipinski definition) is 5. The third-order valence-corrected chi connectivity index (χ3v) is 5.17. The van der Waals surface area contributed by atoms with E-state index in [-0.39, 0.29) is 5.75 Å². The van der Waals surface area contributed by atoms with E-state index < -0.39 is 18.6 Å². The fraction of sp³-hybridized carbons (Fsp3) is 0.438. The average Bonchev–Trinajstić information content (AvgIpc) is 3.27. The van der Waals surface area contributed by atoms with Crippen LogP contribution in [0.4, 0.5) is 19.1 Å². The Morgan fingerprint density at radius 3 is 2.59 bits per heavy atom. The molecule has 3 rings (SSSR count). The summed E-state index contributed by atoms with van der Waals surface area (Å²) in [6.07, 6.45) is -2.36. The fourth-order valence-corrected chi connectivity index (χ4v) is 3.69. The molecule has 1 amide bonds. The number of nitrogens with zero attached hydrogens (tertiary/aromatic N) is 4. The first kappa shape index (κ1) is 19.8. The highest BCUT2D eigenvalue weighted by molar-refractivity contribution is 7.99. The van der Waals surface area contributed by atoms with Gasteiger partial charge in [-0.2, -0.15) is 13.2 Å². The van der Waals surface area contributed by atoms with Gasteiger partial charge in [-0.25, -0.2) is 0 Å². The van der Waals surface area contributed by atoms with Gasteiger partial charge in [0, 0.05) is 13.1 Å². The molecule has 1 aromatic carbocycles. The van der Waals surface area contributed by atoms with Crippen LogP contribution in [0.1, 0.15) is 12.8 Å². The summed E-state index contributed by atoms with van der Waals surface area (Å²) in [6.45, 7) is 0.307. The zero-order valence-corrected chi connectivity index (χ0v) is 15.7. The van der Waals surface area contributed by atoms with Crippen molar-refractivity contribution in [3.05, 3.63) is 29.3 Å². The van der Waals surface area contributed by atoms with Crippen LogP contribution in [0.25, 0.3) is 5.69 Å². The van der Waals surface area contributed by atoms with Crippen LogP contribution in [0.3, 0.4) is 0 Å². The Bertz CT molecular complexity index is 808. The van der Waals surface area contributed by atoms with Crippen LogP contribution >= 0.6 is 23.4 Å². The summed E-state index contributed by atoms with van der Waals surface area (Å²) in [5, 5.41) is 11.1. The van der Waals surface area contributed by atoms with Gasteiger partial charge in [0.1, 0.15) is 6.54 Å². The quantitative estimate of drug-likeness (QED) is 0.728. The summed E-state index contributed by atoms with van der Waals surface area (Å²) >= 11 is 7.33. The lowest BCUT2D eigenvalue weighted by Gasteiger charge is -2.19. The van der Waals surface area contributed by atoms with Crippen LogP contribution in [0.15, 0.2) is 29.4 Å². The highest BCUT2D eigenvalue weighted by atomic mass is 35.5. The Hall–Kier alpha value is -1.94. The normalized spacial score (nSPS) is 14.6. The largest absolute Gasteiger partial charge is 0.405 e. The van der Waals surface area contributed by atoms with E-state index in [1.807, 2.05) is 11.4 Å². The first-order valence-electron chi connectivity index (χ1n) is 8.26. The van der Waals surface area contributed by atoms with Crippen molar-refractivity contribution in [2.45, 2.75) is 24.2 Å². The van der Waals surface area contributed by atoms with Crippen molar-refractivity contribution in [1.82, 2.24) is 20.1 Å². The predicted molar refractivity (Wildman–Crippen MR) is 97.6 cm³/mol. The molecule has 2 aromatic rings. The molecule has 0 aliphatic carbocycles. The van der Waals surface area contributed by atoms with Crippen molar-refractivity contribution in [3.63, 3.8) is 0 Å². The molecule has 0 saturated carbocycles. The van der Waals surface area contributed by atoms with Gasteiger partial charge in [0.15, 0.2) is 5.16 Å². The lowest BCUT2D eigenvalue weighted by molar-refractivity contribution is -0.136. The summed E-state index contributed by atoms with van der Waals surface area (Å²) in [6, 6.07) is 7.15. The van der Waals surface area contributed by atoms with Gasteiger partial charge in [-0.05, 0) is 25.0 Å². The van der Waals surface area contributed by atoms with E-state index in [4.69, 9.17) is 11.6 Å². The van der Waals surface area contributed by atoms with Crippen molar-refractivity contribution in [1.29, 1.82) is 0 Å². The van der Waals surface area contributed by atoms with Gasteiger partial charge < -0.3 is 10.2 Å². The van der Waals surface area contributed by atoms with E-state index in [2.05, 4.69) is 15.1 Å². The van der Waals surface area contributed by atoms with E-state index in [1.54, 1.807) is 22.8 Å². The second-order valence-electron chi connectivity index (χ2n) is 5.94. The molecule has 0 bridgehead atoms. The zero-order chi connectivity index (χ0) is 19.4. The molecule has 1 N–H and O–H groups in total. The number of amides is 1. The minimum Gasteiger partial charge on any atom is -0.346 e. The Labute approximate surface area is 163 Å². The van der Waals surface area contributed by atoms with Crippen LogP contribution in [0.5, 0.6) is 0 Å². The summed E-state index contributed by atoms with van der Waals surface area (Å²) in [7, 11) is 0. The highest BCUT2D eigenvalue weighted by Crippen LogP contribution is 2.31. The summed E-state index contributed by atoms with van der Waals surface area (Å²) in [5.74, 6) is -0.328. The number of rotatable bonds is 6. The predicted octanol–water partition coefficient (Wildman–Crippen LogP) is 3.29. The van der Waals surface area contributed by atoms with Gasteiger partial charge in [-0.3, -0.25) is 9.36 Å². The molecule has 0 atom stereocenters. The van der Waals surface area contributed by atoms with Gasteiger partial charge in [0.05, 0.1) is 16.5 Å². The Kier molecular flexibility index (Phi) is 6.15. The third-order valence-electron chi connectivity index (χ3n) is 3.92. The Morgan fingerprint density at radius 2 is 1.93 bits per heavy atom. The monoisotopic (exact) mass is 419 g/mol. The summed E-state index contributed by atoms with van der Waals surface area (Å²) in [4.78, 5) is 13.8. The number of carbonyl (C=O) groups is 1. The van der Waals surface area contributed by atoms with E-state index in [0.717, 1.165) is 37.7 Å². The maximum atomic E-state index is 12.2. The number of benzene rings is 1. The van der Waals surface area contributed by atoms with Crippen LogP contribution < -0.4 is 10.2 Å². The molecule has 0 unspecified atom stereocenters. The molecule has 146 valence electrons. The minimum absolute atomic E-state index is 0.210. The van der Waals surface area contributed by atoms with Gasteiger partial charge in [0.2, 0.25) is 11.9 Å². The van der Waals surface area contributed by atoms with E-state index >= 15 is 0 Å². The number of carbonyl (C=O) groups excluding carboxylic acids is 1. The standard InChI is InChI=1S/C16H17ClF3N5OS/c17-11-5-1-2-6-12(11)25-14(24-7-3-4-8-24)22-23-15(25)27-9-13(26)21-10-16(18,19)20/h1-2,5-6H,3-4,7-10H2,(H,21,26). The lowest BCUT2D eigenvalue weighted by atomic mass is 10.3. The van der Waals surface area contributed by atoms with Crippen molar-refractivity contribution in [2.75, 3.05) is 30.3 Å². The lowest BCUT2D eigenvalue weighted by Crippen LogP contribution is -2.34. The summed E-state index contributed by atoms with van der Waals surface area (Å²) < 4.78 is 38.4. The average molecular weight is 420 g/mol. The molecule has 0 radical (unpaired) electrons. The van der Waals surface area contributed by atoms with Gasteiger partial charge in [0.25, 0.3) is 0 Å². The fourth-order valence-electron chi connectivity index (χ4n) is 2.70. The molecule has 1 aliphatic rings. The topological polar surface area (TPSA) is 63.1 Å².